The number of amides is 1. The second-order valence-electron chi connectivity index (χ2n) is 3.33. The number of pyridine rings is 1. The quantitative estimate of drug-likeness (QED) is 0.758. The van der Waals surface area contributed by atoms with E-state index in [0.29, 0.717) is 0 Å². The van der Waals surface area contributed by atoms with Gasteiger partial charge in [-0.25, -0.2) is 0 Å². The molecule has 1 N–H and O–H groups in total. The van der Waals surface area contributed by atoms with Crippen LogP contribution in [0.3, 0.4) is 0 Å². The van der Waals surface area contributed by atoms with Crippen LogP contribution in [-0.2, 0) is 0 Å². The molecule has 80 valence electrons. The summed E-state index contributed by atoms with van der Waals surface area (Å²) < 4.78 is 0. The first kappa shape index (κ1) is 10.3. The molecule has 15 heavy (non-hydrogen) atoms. The Morgan fingerprint density at radius 1 is 1.40 bits per heavy atom. The van der Waals surface area contributed by atoms with Crippen LogP contribution in [0.15, 0.2) is 23.3 Å². The summed E-state index contributed by atoms with van der Waals surface area (Å²) in [6, 6.07) is 1.38. The third-order valence-electron chi connectivity index (χ3n) is 2.35. The molecule has 1 amide bonds. The van der Waals surface area contributed by atoms with Gasteiger partial charge in [-0.15, -0.1) is 0 Å². The maximum absolute atomic E-state index is 11.9. The SMILES string of the molecule is O=C(c1c[nH]ccc1=O)N1CCSCC1. The number of aromatic nitrogens is 1. The van der Waals surface area contributed by atoms with Crippen LogP contribution < -0.4 is 5.43 Å². The standard InChI is InChI=1S/C10H12N2O2S/c13-9-1-2-11-7-8(9)10(14)12-3-5-15-6-4-12/h1-2,7H,3-6H2,(H,11,13). The Hall–Kier alpha value is -1.23. The first-order chi connectivity index (χ1) is 7.29. The molecule has 1 saturated heterocycles. The average Bonchev–Trinajstić information content (AvgIpc) is 2.30. The van der Waals surface area contributed by atoms with Crippen LogP contribution in [0.5, 0.6) is 0 Å². The molecule has 0 unspecified atom stereocenters. The molecule has 1 aromatic heterocycles. The predicted molar refractivity (Wildman–Crippen MR) is 60.3 cm³/mol. The lowest BCUT2D eigenvalue weighted by Gasteiger charge is -2.26. The Balaban J connectivity index is 2.20. The molecule has 0 atom stereocenters. The largest absolute Gasteiger partial charge is 0.367 e. The van der Waals surface area contributed by atoms with Crippen LogP contribution in [0.4, 0.5) is 0 Å². The zero-order valence-electron chi connectivity index (χ0n) is 8.23. The molecule has 1 fully saturated rings. The van der Waals surface area contributed by atoms with Gasteiger partial charge in [-0.3, -0.25) is 9.59 Å². The minimum Gasteiger partial charge on any atom is -0.367 e. The second kappa shape index (κ2) is 4.53. The van der Waals surface area contributed by atoms with E-state index in [1.807, 2.05) is 11.8 Å². The van der Waals surface area contributed by atoms with Crippen LogP contribution >= 0.6 is 11.8 Å². The van der Waals surface area contributed by atoms with Gasteiger partial charge in [0.05, 0.1) is 0 Å². The average molecular weight is 224 g/mol. The summed E-state index contributed by atoms with van der Waals surface area (Å²) in [5.41, 5.74) is 0.0291. The van der Waals surface area contributed by atoms with Crippen molar-refractivity contribution < 1.29 is 4.79 Å². The van der Waals surface area contributed by atoms with Gasteiger partial charge in [0, 0.05) is 43.1 Å². The molecule has 0 saturated carbocycles. The number of nitrogens with one attached hydrogen (secondary N) is 1. The number of hydrogen-bond acceptors (Lipinski definition) is 3. The fraction of sp³-hybridized carbons (Fsp3) is 0.400. The maximum atomic E-state index is 11.9. The van der Waals surface area contributed by atoms with Crippen LogP contribution in [0.1, 0.15) is 10.4 Å². The van der Waals surface area contributed by atoms with E-state index in [1.54, 1.807) is 4.90 Å². The molecule has 2 rings (SSSR count). The number of carbonyl (C=O) groups excluding carboxylic acids is 1. The predicted octanol–water partition coefficient (Wildman–Crippen LogP) is 0.564. The van der Waals surface area contributed by atoms with Gasteiger partial charge in [-0.1, -0.05) is 0 Å². The first-order valence-electron chi connectivity index (χ1n) is 4.83. The van der Waals surface area contributed by atoms with Crippen molar-refractivity contribution in [1.82, 2.24) is 9.88 Å². The number of aromatic amines is 1. The molecule has 0 radical (unpaired) electrons. The van der Waals surface area contributed by atoms with E-state index in [0.717, 1.165) is 24.6 Å². The molecule has 1 aromatic rings. The van der Waals surface area contributed by atoms with Crippen molar-refractivity contribution in [2.24, 2.45) is 0 Å². The zero-order chi connectivity index (χ0) is 10.7. The Kier molecular flexibility index (Phi) is 3.11. The molecule has 0 spiro atoms. The van der Waals surface area contributed by atoms with Crippen LogP contribution in [0.2, 0.25) is 0 Å². The molecule has 0 aromatic carbocycles. The highest BCUT2D eigenvalue weighted by Gasteiger charge is 2.19. The van der Waals surface area contributed by atoms with Gasteiger partial charge in [0.1, 0.15) is 5.56 Å². The van der Waals surface area contributed by atoms with Crippen molar-refractivity contribution in [1.29, 1.82) is 0 Å². The number of rotatable bonds is 1. The monoisotopic (exact) mass is 224 g/mol. The summed E-state index contributed by atoms with van der Waals surface area (Å²) in [7, 11) is 0. The maximum Gasteiger partial charge on any atom is 0.259 e. The van der Waals surface area contributed by atoms with Crippen molar-refractivity contribution in [2.45, 2.75) is 0 Å². The van der Waals surface area contributed by atoms with Crippen molar-refractivity contribution in [3.63, 3.8) is 0 Å². The number of nitrogens with zero attached hydrogens (tertiary/aromatic N) is 1. The molecule has 4 nitrogen and oxygen atoms in total. The van der Waals surface area contributed by atoms with E-state index < -0.39 is 0 Å². The summed E-state index contributed by atoms with van der Waals surface area (Å²) >= 11 is 1.84. The molecule has 2 heterocycles. The minimum absolute atomic E-state index is 0.155. The molecular formula is C10H12N2O2S. The van der Waals surface area contributed by atoms with E-state index in [9.17, 15) is 9.59 Å². The summed E-state index contributed by atoms with van der Waals surface area (Å²) in [4.78, 5) is 27.9. The second-order valence-corrected chi connectivity index (χ2v) is 4.55. The molecule has 1 aliphatic heterocycles. The molecule has 1 aliphatic rings. The van der Waals surface area contributed by atoms with Crippen LogP contribution in [0.25, 0.3) is 0 Å². The van der Waals surface area contributed by atoms with Gasteiger partial charge in [0.25, 0.3) is 5.91 Å². The normalized spacial score (nSPS) is 16.4. The summed E-state index contributed by atoms with van der Waals surface area (Å²) in [5.74, 6) is 1.75. The van der Waals surface area contributed by atoms with Crippen LogP contribution in [0, 0.1) is 0 Å². The fourth-order valence-corrected chi connectivity index (χ4v) is 2.42. The van der Waals surface area contributed by atoms with Crippen molar-refractivity contribution in [2.75, 3.05) is 24.6 Å². The number of H-pyrrole nitrogens is 1. The van der Waals surface area contributed by atoms with Crippen molar-refractivity contribution in [3.05, 3.63) is 34.2 Å². The lowest BCUT2D eigenvalue weighted by atomic mass is 10.2. The van der Waals surface area contributed by atoms with Crippen molar-refractivity contribution >= 4 is 17.7 Å². The Morgan fingerprint density at radius 2 is 2.13 bits per heavy atom. The summed E-state index contributed by atoms with van der Waals surface area (Å²) in [5, 5.41) is 0. The first-order valence-corrected chi connectivity index (χ1v) is 5.98. The number of carbonyl (C=O) groups is 1. The third-order valence-corrected chi connectivity index (χ3v) is 3.30. The number of hydrogen-bond donors (Lipinski definition) is 1. The fourth-order valence-electron chi connectivity index (χ4n) is 1.52. The molecule has 0 aliphatic carbocycles. The topological polar surface area (TPSA) is 53.2 Å². The van der Waals surface area contributed by atoms with Gasteiger partial charge in [0.2, 0.25) is 0 Å². The summed E-state index contributed by atoms with van der Waals surface area (Å²) in [6.45, 7) is 1.47. The van der Waals surface area contributed by atoms with E-state index in [4.69, 9.17) is 0 Å². The zero-order valence-corrected chi connectivity index (χ0v) is 9.05. The van der Waals surface area contributed by atoms with Gasteiger partial charge >= 0.3 is 0 Å². The Labute approximate surface area is 91.7 Å². The highest BCUT2D eigenvalue weighted by molar-refractivity contribution is 7.99. The molecular weight excluding hydrogens is 212 g/mol. The van der Waals surface area contributed by atoms with Gasteiger partial charge in [-0.05, 0) is 0 Å². The van der Waals surface area contributed by atoms with E-state index in [-0.39, 0.29) is 16.9 Å². The van der Waals surface area contributed by atoms with E-state index >= 15 is 0 Å². The highest BCUT2D eigenvalue weighted by atomic mass is 32.2. The smallest absolute Gasteiger partial charge is 0.259 e. The minimum atomic E-state index is -0.211. The molecule has 0 bridgehead atoms. The molecule has 5 heteroatoms. The Bertz CT molecular complexity index is 410. The van der Waals surface area contributed by atoms with Gasteiger partial charge in [-0.2, -0.15) is 11.8 Å². The van der Waals surface area contributed by atoms with E-state index in [1.165, 1.54) is 18.5 Å². The summed E-state index contributed by atoms with van der Waals surface area (Å²) in [6.07, 6.45) is 3.01. The van der Waals surface area contributed by atoms with Crippen LogP contribution in [-0.4, -0.2) is 40.4 Å². The lowest BCUT2D eigenvalue weighted by molar-refractivity contribution is 0.0770. The van der Waals surface area contributed by atoms with Gasteiger partial charge < -0.3 is 9.88 Å². The Morgan fingerprint density at radius 3 is 2.80 bits per heavy atom. The lowest BCUT2D eigenvalue weighted by Crippen LogP contribution is -2.39. The highest BCUT2D eigenvalue weighted by Crippen LogP contribution is 2.10. The number of thioether (sulfide) groups is 1. The van der Waals surface area contributed by atoms with Gasteiger partial charge in [0.15, 0.2) is 5.43 Å². The van der Waals surface area contributed by atoms with E-state index in [2.05, 4.69) is 4.98 Å². The third kappa shape index (κ3) is 2.23. The van der Waals surface area contributed by atoms with Crippen molar-refractivity contribution in [3.8, 4) is 0 Å².